The number of phenols is 1. The van der Waals surface area contributed by atoms with Crippen LogP contribution < -0.4 is 15.8 Å². The van der Waals surface area contributed by atoms with E-state index >= 15 is 0 Å². The lowest BCUT2D eigenvalue weighted by atomic mass is 10.1. The van der Waals surface area contributed by atoms with E-state index in [4.69, 9.17) is 10.5 Å². The summed E-state index contributed by atoms with van der Waals surface area (Å²) in [6.07, 6.45) is 5.15. The molecule has 31 heavy (non-hydrogen) atoms. The molecule has 0 amide bonds. The van der Waals surface area contributed by atoms with Gasteiger partial charge in [-0.25, -0.2) is 18.4 Å². The van der Waals surface area contributed by atoms with Gasteiger partial charge in [-0.1, -0.05) is 12.1 Å². The molecule has 0 aliphatic rings. The molecule has 10 heteroatoms. The van der Waals surface area contributed by atoms with Crippen LogP contribution in [0.15, 0.2) is 66.0 Å². The summed E-state index contributed by atoms with van der Waals surface area (Å²) >= 11 is 0. The molecule has 0 saturated carbocycles. The molecular weight excluding hydrogens is 418 g/mol. The van der Waals surface area contributed by atoms with Gasteiger partial charge in [-0.05, 0) is 35.9 Å². The molecule has 160 valence electrons. The van der Waals surface area contributed by atoms with E-state index in [-0.39, 0.29) is 10.6 Å². The third-order valence-corrected chi connectivity index (χ3v) is 6.25. The van der Waals surface area contributed by atoms with Crippen molar-refractivity contribution in [1.29, 1.82) is 0 Å². The van der Waals surface area contributed by atoms with Crippen molar-refractivity contribution in [1.82, 2.24) is 14.4 Å². The molecule has 4 N–H and O–H groups in total. The van der Waals surface area contributed by atoms with Crippen LogP contribution in [0.4, 0.5) is 5.82 Å². The Morgan fingerprint density at radius 3 is 2.81 bits per heavy atom. The number of aromatic nitrogens is 3. The Kier molecular flexibility index (Phi) is 5.49. The van der Waals surface area contributed by atoms with Crippen molar-refractivity contribution in [2.75, 3.05) is 18.3 Å². The summed E-state index contributed by atoms with van der Waals surface area (Å²) < 4.78 is 31.1. The van der Waals surface area contributed by atoms with Gasteiger partial charge >= 0.3 is 0 Å². The van der Waals surface area contributed by atoms with E-state index in [1.165, 1.54) is 13.2 Å². The van der Waals surface area contributed by atoms with E-state index in [2.05, 4.69) is 15.3 Å². The Hall–Kier alpha value is -3.63. The van der Waals surface area contributed by atoms with E-state index in [0.717, 1.165) is 16.8 Å². The quantitative estimate of drug-likeness (QED) is 0.400. The molecule has 4 aromatic rings. The van der Waals surface area contributed by atoms with Gasteiger partial charge in [0.1, 0.15) is 5.88 Å². The van der Waals surface area contributed by atoms with Crippen molar-refractivity contribution >= 4 is 21.3 Å². The fourth-order valence-electron chi connectivity index (χ4n) is 3.23. The van der Waals surface area contributed by atoms with Gasteiger partial charge in [-0.15, -0.1) is 0 Å². The van der Waals surface area contributed by atoms with Crippen LogP contribution in [-0.2, 0) is 16.4 Å². The Morgan fingerprint density at radius 1 is 1.19 bits per heavy atom. The second-order valence-corrected chi connectivity index (χ2v) is 8.82. The first-order valence-electron chi connectivity index (χ1n) is 9.38. The number of anilines is 1. The predicted molar refractivity (Wildman–Crippen MR) is 117 cm³/mol. The molecule has 2 aromatic heterocycles. The number of hydrogen-bond acceptors (Lipinski definition) is 8. The fourth-order valence-corrected chi connectivity index (χ4v) is 4.03. The molecule has 4 rings (SSSR count). The predicted octanol–water partition coefficient (Wildman–Crippen LogP) is 2.41. The largest absolute Gasteiger partial charge is 0.504 e. The molecule has 2 aromatic carbocycles. The van der Waals surface area contributed by atoms with Crippen LogP contribution in [0.2, 0.25) is 0 Å². The lowest BCUT2D eigenvalue weighted by Gasteiger charge is -2.10. The van der Waals surface area contributed by atoms with Gasteiger partial charge in [0.05, 0.1) is 23.9 Å². The highest BCUT2D eigenvalue weighted by Crippen LogP contribution is 2.32. The van der Waals surface area contributed by atoms with Crippen LogP contribution >= 0.6 is 0 Å². The number of methoxy groups -OCH3 is 1. The maximum absolute atomic E-state index is 12.0. The molecule has 0 bridgehead atoms. The maximum atomic E-state index is 12.0. The number of ether oxygens (including phenoxy) is 1. The first-order chi connectivity index (χ1) is 14.9. The third kappa shape index (κ3) is 4.03. The molecule has 0 fully saturated rings. The standard InChI is InChI=1S/C21H21N5O4S/c1-30-19-10-15(5-6-18(19)27)17-12-25-21-20(23-7-8-26(17)21)24-11-14-3-2-4-16(9-14)31(28,29)13-22/h2-10,12,27H,11,13,22H2,1H3,(H,23,24). The molecule has 0 saturated heterocycles. The second-order valence-electron chi connectivity index (χ2n) is 6.78. The normalized spacial score (nSPS) is 11.5. The van der Waals surface area contributed by atoms with E-state index in [1.54, 1.807) is 48.9 Å². The Bertz CT molecular complexity index is 1350. The lowest BCUT2D eigenvalue weighted by molar-refractivity contribution is 0.373. The Labute approximate surface area is 179 Å². The third-order valence-electron chi connectivity index (χ3n) is 4.84. The summed E-state index contributed by atoms with van der Waals surface area (Å²) in [6.45, 7) is 0.357. The number of aromatic hydroxyl groups is 1. The number of sulfone groups is 1. The van der Waals surface area contributed by atoms with E-state index in [0.29, 0.717) is 23.8 Å². The van der Waals surface area contributed by atoms with Crippen LogP contribution in [-0.4, -0.2) is 40.9 Å². The molecule has 0 atom stereocenters. The smallest absolute Gasteiger partial charge is 0.191 e. The number of nitrogens with one attached hydrogen (secondary N) is 1. The summed E-state index contributed by atoms with van der Waals surface area (Å²) in [5, 5.41) is 13.1. The number of rotatable bonds is 7. The molecule has 0 spiro atoms. The van der Waals surface area contributed by atoms with Crippen LogP contribution in [0.25, 0.3) is 16.9 Å². The minimum absolute atomic E-state index is 0.0583. The minimum Gasteiger partial charge on any atom is -0.504 e. The van der Waals surface area contributed by atoms with Crippen molar-refractivity contribution in [2.24, 2.45) is 5.73 Å². The SMILES string of the molecule is COc1cc(-c2cnc3c(NCc4cccc(S(=O)(=O)CN)c4)nccn23)ccc1O. The molecule has 0 aliphatic heterocycles. The number of benzene rings is 2. The summed E-state index contributed by atoms with van der Waals surface area (Å²) in [5.41, 5.74) is 8.34. The fraction of sp³-hybridized carbons (Fsp3) is 0.143. The van der Waals surface area contributed by atoms with Crippen molar-refractivity contribution in [3.63, 3.8) is 0 Å². The van der Waals surface area contributed by atoms with Gasteiger partial charge < -0.3 is 20.9 Å². The zero-order chi connectivity index (χ0) is 22.0. The number of fused-ring (bicyclic) bond motifs is 1. The van der Waals surface area contributed by atoms with Crippen molar-refractivity contribution < 1.29 is 18.3 Å². The first-order valence-corrected chi connectivity index (χ1v) is 11.0. The van der Waals surface area contributed by atoms with Gasteiger partial charge in [0.2, 0.25) is 0 Å². The molecular formula is C21H21N5O4S. The van der Waals surface area contributed by atoms with Gasteiger partial charge in [0.25, 0.3) is 0 Å². The van der Waals surface area contributed by atoms with E-state index < -0.39 is 15.7 Å². The van der Waals surface area contributed by atoms with Crippen LogP contribution in [0.5, 0.6) is 11.5 Å². The van der Waals surface area contributed by atoms with Crippen LogP contribution in [0, 0.1) is 0 Å². The zero-order valence-corrected chi connectivity index (χ0v) is 17.5. The molecule has 0 aliphatic carbocycles. The van der Waals surface area contributed by atoms with Gasteiger partial charge in [-0.3, -0.25) is 4.40 Å². The highest BCUT2D eigenvalue weighted by Gasteiger charge is 2.14. The van der Waals surface area contributed by atoms with Crippen LogP contribution in [0.3, 0.4) is 0 Å². The Balaban J connectivity index is 1.63. The Morgan fingerprint density at radius 2 is 2.03 bits per heavy atom. The van der Waals surface area contributed by atoms with Crippen LogP contribution in [0.1, 0.15) is 5.56 Å². The number of phenolic OH excluding ortho intramolecular Hbond substituents is 1. The minimum atomic E-state index is -3.48. The first kappa shape index (κ1) is 20.6. The maximum Gasteiger partial charge on any atom is 0.191 e. The van der Waals surface area contributed by atoms with Crippen molar-refractivity contribution in [2.45, 2.75) is 11.4 Å². The summed E-state index contributed by atoms with van der Waals surface area (Å²) in [7, 11) is -1.99. The van der Waals surface area contributed by atoms with E-state index in [1.807, 2.05) is 10.5 Å². The average molecular weight is 439 g/mol. The number of imidazole rings is 1. The monoisotopic (exact) mass is 439 g/mol. The molecule has 0 unspecified atom stereocenters. The number of nitrogens with zero attached hydrogens (tertiary/aromatic N) is 3. The summed E-state index contributed by atoms with van der Waals surface area (Å²) in [4.78, 5) is 9.03. The molecule has 0 radical (unpaired) electrons. The average Bonchev–Trinajstić information content (AvgIpc) is 3.23. The summed E-state index contributed by atoms with van der Waals surface area (Å²) in [5.74, 6) is 0.533. The topological polar surface area (TPSA) is 132 Å². The second kappa shape index (κ2) is 8.25. The van der Waals surface area contributed by atoms with Crippen molar-refractivity contribution in [3.05, 3.63) is 66.6 Å². The van der Waals surface area contributed by atoms with Gasteiger partial charge in [-0.2, -0.15) is 0 Å². The van der Waals surface area contributed by atoms with E-state index in [9.17, 15) is 13.5 Å². The number of hydrogen-bond donors (Lipinski definition) is 3. The van der Waals surface area contributed by atoms with Crippen molar-refractivity contribution in [3.8, 4) is 22.8 Å². The highest BCUT2D eigenvalue weighted by atomic mass is 32.2. The van der Waals surface area contributed by atoms with Gasteiger partial charge in [0.15, 0.2) is 32.8 Å². The molecule has 9 nitrogen and oxygen atoms in total. The zero-order valence-electron chi connectivity index (χ0n) is 16.7. The summed E-state index contributed by atoms with van der Waals surface area (Å²) in [6, 6.07) is 11.7. The molecule has 2 heterocycles. The number of nitrogens with two attached hydrogens (primary N) is 1. The van der Waals surface area contributed by atoms with Gasteiger partial charge in [0, 0.05) is 24.5 Å². The lowest BCUT2D eigenvalue weighted by Crippen LogP contribution is -2.14. The highest BCUT2D eigenvalue weighted by molar-refractivity contribution is 7.91.